The molecule has 0 aromatic heterocycles. The maximum absolute atomic E-state index is 11.7. The lowest BCUT2D eigenvalue weighted by Gasteiger charge is -2.22. The Kier molecular flexibility index (Phi) is 7.17. The number of phenolic OH excluding ortho intramolecular Hbond substituents is 1. The molecule has 0 aliphatic heterocycles. The van der Waals surface area contributed by atoms with Crippen molar-refractivity contribution in [1.29, 1.82) is 0 Å². The van der Waals surface area contributed by atoms with Gasteiger partial charge in [0.1, 0.15) is 18.1 Å². The van der Waals surface area contributed by atoms with Gasteiger partial charge in [0.2, 0.25) is 0 Å². The summed E-state index contributed by atoms with van der Waals surface area (Å²) in [6.45, 7) is 4.39. The molecular weight excluding hydrogens is 396 g/mol. The Morgan fingerprint density at radius 2 is 2.00 bits per heavy atom. The predicted octanol–water partition coefficient (Wildman–Crippen LogP) is 3.68. The molecule has 0 spiro atoms. The number of fused-ring (bicyclic) bond motifs is 1. The van der Waals surface area contributed by atoms with Gasteiger partial charge in [0.05, 0.1) is 23.7 Å². The number of carboxylic acids is 1. The van der Waals surface area contributed by atoms with E-state index in [1.54, 1.807) is 12.1 Å². The number of carbonyl (C=O) groups is 2. The number of nitrogens with zero attached hydrogens (tertiary/aromatic N) is 1. The number of likely N-dealkylation sites (N-methyl/N-ethyl adjacent to an activating group) is 1. The third kappa shape index (κ3) is 5.17. The molecule has 1 aliphatic rings. The van der Waals surface area contributed by atoms with Crippen molar-refractivity contribution in [3.05, 3.63) is 52.6 Å². The van der Waals surface area contributed by atoms with Gasteiger partial charge >= 0.3 is 5.97 Å². The van der Waals surface area contributed by atoms with Crippen LogP contribution in [0.15, 0.2) is 30.3 Å². The second-order valence-corrected chi connectivity index (χ2v) is 8.01. The largest absolute Gasteiger partial charge is 0.507 e. The molecule has 2 aromatic carbocycles. The van der Waals surface area contributed by atoms with Crippen LogP contribution in [0.2, 0.25) is 0 Å². The number of rotatable bonds is 10. The molecule has 1 unspecified atom stereocenters. The van der Waals surface area contributed by atoms with Crippen molar-refractivity contribution < 1.29 is 24.5 Å². The Bertz CT molecular complexity index is 973. The van der Waals surface area contributed by atoms with Crippen LogP contribution in [0.5, 0.6) is 11.5 Å². The van der Waals surface area contributed by atoms with E-state index < -0.39 is 5.97 Å². The van der Waals surface area contributed by atoms with Crippen LogP contribution in [-0.2, 0) is 24.1 Å². The van der Waals surface area contributed by atoms with Gasteiger partial charge in [-0.15, -0.1) is 0 Å². The van der Waals surface area contributed by atoms with E-state index in [-0.39, 0.29) is 17.5 Å². The first-order valence-electron chi connectivity index (χ1n) is 10.6. The lowest BCUT2D eigenvalue weighted by Crippen LogP contribution is -2.30. The molecule has 0 radical (unpaired) electrons. The molecule has 3 rings (SSSR count). The average Bonchev–Trinajstić information content (AvgIpc) is 3.16. The van der Waals surface area contributed by atoms with Crippen LogP contribution in [0, 0.1) is 5.92 Å². The van der Waals surface area contributed by atoms with Crippen LogP contribution in [-0.4, -0.2) is 47.2 Å². The number of anilines is 1. The number of ketones is 1. The number of hydrogen-bond acceptors (Lipinski definition) is 6. The SMILES string of the molecule is CCCc1c(OCCN(C)Nc2cccc3c2CC(C(=O)O)C3)ccc(C(C)=O)c1O. The van der Waals surface area contributed by atoms with Crippen molar-refractivity contribution in [2.45, 2.75) is 39.5 Å². The maximum atomic E-state index is 11.7. The van der Waals surface area contributed by atoms with Gasteiger partial charge in [-0.3, -0.25) is 9.59 Å². The van der Waals surface area contributed by atoms with E-state index in [9.17, 15) is 19.8 Å². The average molecular weight is 427 g/mol. The third-order valence-electron chi connectivity index (χ3n) is 5.65. The second kappa shape index (κ2) is 9.83. The molecule has 2 aromatic rings. The summed E-state index contributed by atoms with van der Waals surface area (Å²) in [6, 6.07) is 9.22. The maximum Gasteiger partial charge on any atom is 0.307 e. The lowest BCUT2D eigenvalue weighted by molar-refractivity contribution is -0.141. The van der Waals surface area contributed by atoms with E-state index in [1.165, 1.54) is 6.92 Å². The first-order valence-corrected chi connectivity index (χ1v) is 10.6. The van der Waals surface area contributed by atoms with Gasteiger partial charge in [0.15, 0.2) is 5.78 Å². The molecule has 7 heteroatoms. The molecule has 7 nitrogen and oxygen atoms in total. The summed E-state index contributed by atoms with van der Waals surface area (Å²) in [7, 11) is 1.90. The van der Waals surface area contributed by atoms with Gasteiger partial charge in [0, 0.05) is 12.6 Å². The zero-order chi connectivity index (χ0) is 22.5. The third-order valence-corrected chi connectivity index (χ3v) is 5.65. The van der Waals surface area contributed by atoms with E-state index in [4.69, 9.17) is 4.74 Å². The summed E-state index contributed by atoms with van der Waals surface area (Å²) in [5.74, 6) is -0.709. The van der Waals surface area contributed by atoms with Gasteiger partial charge in [-0.2, -0.15) is 0 Å². The first-order chi connectivity index (χ1) is 14.8. The number of nitrogens with one attached hydrogen (secondary N) is 1. The zero-order valence-corrected chi connectivity index (χ0v) is 18.3. The number of phenols is 1. The van der Waals surface area contributed by atoms with Crippen LogP contribution in [0.1, 0.15) is 47.3 Å². The standard InChI is InChI=1S/C24H30N2O5/c1-4-6-19-22(10-9-18(15(2)27)23(19)28)31-12-11-26(3)25-21-8-5-7-16-13-17(24(29)30)14-20(16)21/h5,7-10,17,25,28H,4,6,11-14H2,1-3H3,(H,29,30). The van der Waals surface area contributed by atoms with E-state index in [2.05, 4.69) is 5.43 Å². The van der Waals surface area contributed by atoms with Crippen LogP contribution in [0.25, 0.3) is 0 Å². The monoisotopic (exact) mass is 426 g/mol. The minimum Gasteiger partial charge on any atom is -0.507 e. The first kappa shape index (κ1) is 22.6. The van der Waals surface area contributed by atoms with Gasteiger partial charge < -0.3 is 20.4 Å². The Hall–Kier alpha value is -3.06. The fourth-order valence-corrected chi connectivity index (χ4v) is 4.01. The van der Waals surface area contributed by atoms with Gasteiger partial charge in [0.25, 0.3) is 0 Å². The number of aliphatic carboxylic acids is 1. The Morgan fingerprint density at radius 1 is 1.23 bits per heavy atom. The van der Waals surface area contributed by atoms with Crippen molar-refractivity contribution in [2.24, 2.45) is 5.92 Å². The molecule has 31 heavy (non-hydrogen) atoms. The van der Waals surface area contributed by atoms with E-state index in [1.807, 2.05) is 37.2 Å². The Balaban J connectivity index is 1.62. The van der Waals surface area contributed by atoms with Crippen molar-refractivity contribution >= 4 is 17.4 Å². The highest BCUT2D eigenvalue weighted by atomic mass is 16.5. The van der Waals surface area contributed by atoms with Crippen LogP contribution >= 0.6 is 0 Å². The topological polar surface area (TPSA) is 99.1 Å². The summed E-state index contributed by atoms with van der Waals surface area (Å²) in [5.41, 5.74) is 7.35. The summed E-state index contributed by atoms with van der Waals surface area (Å²) < 4.78 is 5.92. The van der Waals surface area contributed by atoms with E-state index in [0.717, 1.165) is 23.2 Å². The van der Waals surface area contributed by atoms with Crippen molar-refractivity contribution in [2.75, 3.05) is 25.6 Å². The minimum atomic E-state index is -0.758. The number of aromatic hydroxyl groups is 1. The highest BCUT2D eigenvalue weighted by Crippen LogP contribution is 2.34. The Labute approximate surface area is 182 Å². The van der Waals surface area contributed by atoms with Crippen LogP contribution in [0.4, 0.5) is 5.69 Å². The summed E-state index contributed by atoms with van der Waals surface area (Å²) in [5, 5.41) is 21.7. The summed E-state index contributed by atoms with van der Waals surface area (Å²) >= 11 is 0. The van der Waals surface area contributed by atoms with Gasteiger partial charge in [-0.25, -0.2) is 5.01 Å². The minimum absolute atomic E-state index is 0.00571. The number of carboxylic acid groups (broad SMARTS) is 1. The quantitative estimate of drug-likeness (QED) is 0.394. The molecule has 0 amide bonds. The van der Waals surface area contributed by atoms with Crippen molar-refractivity contribution in [3.63, 3.8) is 0 Å². The number of hydrazine groups is 1. The lowest BCUT2D eigenvalue weighted by atomic mass is 10.0. The highest BCUT2D eigenvalue weighted by Gasteiger charge is 2.29. The molecule has 0 saturated heterocycles. The predicted molar refractivity (Wildman–Crippen MR) is 119 cm³/mol. The van der Waals surface area contributed by atoms with E-state index >= 15 is 0 Å². The Morgan fingerprint density at radius 3 is 2.68 bits per heavy atom. The van der Waals surface area contributed by atoms with E-state index in [0.29, 0.717) is 49.3 Å². The van der Waals surface area contributed by atoms with Crippen LogP contribution in [0.3, 0.4) is 0 Å². The number of benzene rings is 2. The fourth-order valence-electron chi connectivity index (χ4n) is 4.01. The number of Topliss-reactive ketones (excluding diaryl/α,β-unsaturated/α-hetero) is 1. The molecule has 0 fully saturated rings. The van der Waals surface area contributed by atoms with Gasteiger partial charge in [-0.05, 0) is 55.5 Å². The van der Waals surface area contributed by atoms with Gasteiger partial charge in [-0.1, -0.05) is 25.5 Å². The van der Waals surface area contributed by atoms with Crippen molar-refractivity contribution in [3.8, 4) is 11.5 Å². The van der Waals surface area contributed by atoms with Crippen LogP contribution < -0.4 is 10.2 Å². The second-order valence-electron chi connectivity index (χ2n) is 8.01. The molecule has 0 heterocycles. The van der Waals surface area contributed by atoms with Crippen molar-refractivity contribution in [1.82, 2.24) is 5.01 Å². The molecule has 0 saturated carbocycles. The zero-order valence-electron chi connectivity index (χ0n) is 18.3. The molecule has 3 N–H and O–H groups in total. The molecule has 166 valence electrons. The number of hydrogen-bond donors (Lipinski definition) is 3. The highest BCUT2D eigenvalue weighted by molar-refractivity contribution is 5.97. The molecular formula is C24H30N2O5. The summed E-state index contributed by atoms with van der Waals surface area (Å²) in [6.07, 6.45) is 2.54. The number of ether oxygens (including phenoxy) is 1. The molecule has 0 bridgehead atoms. The molecule has 1 atom stereocenters. The fraction of sp³-hybridized carbons (Fsp3) is 0.417. The molecule has 1 aliphatic carbocycles. The smallest absolute Gasteiger partial charge is 0.307 e. The number of carbonyl (C=O) groups excluding carboxylic acids is 1. The summed E-state index contributed by atoms with van der Waals surface area (Å²) in [4.78, 5) is 23.1. The normalized spacial score (nSPS) is 15.0.